The molecule has 3 atom stereocenters. The van der Waals surface area contributed by atoms with Gasteiger partial charge in [0, 0.05) is 37.3 Å². The molecule has 5 rings (SSSR count). The van der Waals surface area contributed by atoms with E-state index >= 15 is 0 Å². The fraction of sp³-hybridized carbons (Fsp3) is 0.450. The SMILES string of the molecule is COC(C)c1ccc(-c2nccs2)c2oc(N3CC4CCC(C3)N4C(=O)O)nc12. The molecule has 0 spiro atoms. The fourth-order valence-corrected chi connectivity index (χ4v) is 5.16. The number of carboxylic acid groups (broad SMARTS) is 1. The zero-order valence-electron chi connectivity index (χ0n) is 16.2. The maximum absolute atomic E-state index is 11.6. The molecule has 1 aromatic carbocycles. The number of thiazole rings is 1. The van der Waals surface area contributed by atoms with E-state index in [0.717, 1.165) is 34.5 Å². The molecule has 152 valence electrons. The molecule has 2 bridgehead atoms. The summed E-state index contributed by atoms with van der Waals surface area (Å²) < 4.78 is 11.8. The smallest absolute Gasteiger partial charge is 0.407 e. The van der Waals surface area contributed by atoms with Crippen LogP contribution in [0.3, 0.4) is 0 Å². The molecule has 2 aromatic heterocycles. The van der Waals surface area contributed by atoms with Crippen LogP contribution in [0.4, 0.5) is 10.8 Å². The first-order chi connectivity index (χ1) is 14.1. The second-order valence-corrected chi connectivity index (χ2v) is 8.47. The van der Waals surface area contributed by atoms with Gasteiger partial charge in [-0.3, -0.25) is 4.90 Å². The van der Waals surface area contributed by atoms with Gasteiger partial charge in [0.15, 0.2) is 5.58 Å². The summed E-state index contributed by atoms with van der Waals surface area (Å²) in [6.45, 7) is 3.17. The van der Waals surface area contributed by atoms with E-state index in [9.17, 15) is 9.90 Å². The van der Waals surface area contributed by atoms with Gasteiger partial charge in [-0.1, -0.05) is 6.07 Å². The van der Waals surface area contributed by atoms with E-state index in [1.165, 1.54) is 0 Å². The molecule has 3 aromatic rings. The molecule has 2 fully saturated rings. The Balaban J connectivity index is 1.57. The minimum Gasteiger partial charge on any atom is -0.465 e. The number of rotatable bonds is 4. The van der Waals surface area contributed by atoms with E-state index < -0.39 is 6.09 Å². The summed E-state index contributed by atoms with van der Waals surface area (Å²) in [7, 11) is 1.68. The van der Waals surface area contributed by atoms with E-state index in [4.69, 9.17) is 14.1 Å². The lowest BCUT2D eigenvalue weighted by Crippen LogP contribution is -2.55. The lowest BCUT2D eigenvalue weighted by atomic mass is 10.1. The Morgan fingerprint density at radius 3 is 2.72 bits per heavy atom. The predicted octanol–water partition coefficient (Wildman–Crippen LogP) is 3.99. The summed E-state index contributed by atoms with van der Waals surface area (Å²) in [5, 5.41) is 12.3. The van der Waals surface area contributed by atoms with E-state index in [-0.39, 0.29) is 18.2 Å². The fourth-order valence-electron chi connectivity index (χ4n) is 4.50. The minimum absolute atomic E-state index is 0.0166. The van der Waals surface area contributed by atoms with Crippen LogP contribution in [-0.2, 0) is 4.74 Å². The van der Waals surface area contributed by atoms with Crippen molar-refractivity contribution in [2.45, 2.75) is 38.0 Å². The van der Waals surface area contributed by atoms with Crippen LogP contribution >= 0.6 is 11.3 Å². The average Bonchev–Trinajstić information content (AvgIpc) is 3.44. The van der Waals surface area contributed by atoms with Crippen LogP contribution in [0.2, 0.25) is 0 Å². The Bertz CT molecular complexity index is 1040. The number of oxazole rings is 1. The number of fused-ring (bicyclic) bond motifs is 3. The average molecular weight is 414 g/mol. The molecule has 3 unspecified atom stereocenters. The highest BCUT2D eigenvalue weighted by atomic mass is 32.1. The third kappa shape index (κ3) is 2.96. The number of hydrogen-bond acceptors (Lipinski definition) is 7. The minimum atomic E-state index is -0.836. The first-order valence-corrected chi connectivity index (χ1v) is 10.6. The molecule has 1 N–H and O–H groups in total. The van der Waals surface area contributed by atoms with Gasteiger partial charge in [-0.2, -0.15) is 4.98 Å². The molecule has 2 aliphatic heterocycles. The third-order valence-electron chi connectivity index (χ3n) is 5.99. The molecular formula is C20H22N4O4S. The summed E-state index contributed by atoms with van der Waals surface area (Å²) in [4.78, 5) is 24.5. The van der Waals surface area contributed by atoms with Gasteiger partial charge in [0.1, 0.15) is 10.5 Å². The lowest BCUT2D eigenvalue weighted by molar-refractivity contribution is 0.114. The molecule has 2 saturated heterocycles. The zero-order chi connectivity index (χ0) is 20.1. The lowest BCUT2D eigenvalue weighted by Gasteiger charge is -2.38. The van der Waals surface area contributed by atoms with Crippen molar-refractivity contribution in [3.05, 3.63) is 29.3 Å². The highest BCUT2D eigenvalue weighted by Gasteiger charge is 2.44. The van der Waals surface area contributed by atoms with E-state index in [0.29, 0.717) is 24.7 Å². The number of ether oxygens (including phenoxy) is 1. The van der Waals surface area contributed by atoms with E-state index in [1.807, 2.05) is 24.4 Å². The maximum Gasteiger partial charge on any atom is 0.407 e. The van der Waals surface area contributed by atoms with Crippen molar-refractivity contribution >= 4 is 34.5 Å². The van der Waals surface area contributed by atoms with Crippen LogP contribution in [0.25, 0.3) is 21.7 Å². The van der Waals surface area contributed by atoms with Crippen molar-refractivity contribution in [3.63, 3.8) is 0 Å². The second kappa shape index (κ2) is 7.00. The molecule has 4 heterocycles. The summed E-state index contributed by atoms with van der Waals surface area (Å²) in [6, 6.07) is 4.53. The number of piperazine rings is 1. The van der Waals surface area contributed by atoms with Crippen LogP contribution in [-0.4, -0.2) is 58.4 Å². The van der Waals surface area contributed by atoms with Gasteiger partial charge < -0.3 is 19.2 Å². The number of anilines is 1. The largest absolute Gasteiger partial charge is 0.465 e. The van der Waals surface area contributed by atoms with Crippen LogP contribution in [0.1, 0.15) is 31.4 Å². The molecule has 29 heavy (non-hydrogen) atoms. The molecule has 2 aliphatic rings. The maximum atomic E-state index is 11.6. The first-order valence-electron chi connectivity index (χ1n) is 9.69. The summed E-state index contributed by atoms with van der Waals surface area (Å²) in [5.74, 6) is 0. The topological polar surface area (TPSA) is 91.9 Å². The number of methoxy groups -OCH3 is 1. The van der Waals surface area contributed by atoms with Crippen molar-refractivity contribution in [2.75, 3.05) is 25.1 Å². The third-order valence-corrected chi connectivity index (χ3v) is 6.80. The van der Waals surface area contributed by atoms with Gasteiger partial charge in [-0.25, -0.2) is 9.78 Å². The quantitative estimate of drug-likeness (QED) is 0.690. The van der Waals surface area contributed by atoms with Crippen LogP contribution in [0, 0.1) is 0 Å². The van der Waals surface area contributed by atoms with Gasteiger partial charge in [0.05, 0.1) is 23.8 Å². The normalized spacial score (nSPS) is 22.4. The Morgan fingerprint density at radius 1 is 1.34 bits per heavy atom. The molecule has 9 heteroatoms. The number of benzene rings is 1. The summed E-state index contributed by atoms with van der Waals surface area (Å²) in [6.07, 6.45) is 2.57. The van der Waals surface area contributed by atoms with Crippen LogP contribution in [0.15, 0.2) is 28.1 Å². The van der Waals surface area contributed by atoms with Gasteiger partial charge in [0.25, 0.3) is 6.01 Å². The number of aromatic nitrogens is 2. The molecule has 1 amide bonds. The second-order valence-electron chi connectivity index (χ2n) is 7.57. The highest BCUT2D eigenvalue weighted by Crippen LogP contribution is 2.39. The summed E-state index contributed by atoms with van der Waals surface area (Å²) >= 11 is 1.55. The van der Waals surface area contributed by atoms with Gasteiger partial charge in [0.2, 0.25) is 0 Å². The Labute approximate surface area is 171 Å². The molecule has 0 saturated carbocycles. The number of nitrogens with zero attached hydrogens (tertiary/aromatic N) is 4. The predicted molar refractivity (Wildman–Crippen MR) is 109 cm³/mol. The van der Waals surface area contributed by atoms with Crippen molar-refractivity contribution in [3.8, 4) is 10.6 Å². The summed E-state index contributed by atoms with van der Waals surface area (Å²) in [5.41, 5.74) is 3.34. The van der Waals surface area contributed by atoms with Crippen LogP contribution in [0.5, 0.6) is 0 Å². The molecule has 0 aliphatic carbocycles. The van der Waals surface area contributed by atoms with Crippen LogP contribution < -0.4 is 4.90 Å². The van der Waals surface area contributed by atoms with Gasteiger partial charge >= 0.3 is 6.09 Å². The Morgan fingerprint density at radius 2 is 2.10 bits per heavy atom. The molecule has 8 nitrogen and oxygen atoms in total. The van der Waals surface area contributed by atoms with Gasteiger partial charge in [-0.05, 0) is 25.8 Å². The number of carbonyl (C=O) groups is 1. The van der Waals surface area contributed by atoms with Gasteiger partial charge in [-0.15, -0.1) is 11.3 Å². The highest BCUT2D eigenvalue weighted by molar-refractivity contribution is 7.13. The Hall–Kier alpha value is -2.65. The first kappa shape index (κ1) is 18.4. The van der Waals surface area contributed by atoms with Crippen molar-refractivity contribution in [1.82, 2.24) is 14.9 Å². The number of amides is 1. The van der Waals surface area contributed by atoms with E-state index in [1.54, 1.807) is 29.5 Å². The van der Waals surface area contributed by atoms with E-state index in [2.05, 4.69) is 9.88 Å². The standard InChI is InChI=1S/C20H22N4O4S/c1-11(27-2)14-5-6-15(18-21-7-8-29-18)17-16(14)22-19(28-17)23-9-12-3-4-13(10-23)24(12)20(25)26/h5-8,11-13H,3-4,9-10H2,1-2H3,(H,25,26). The molecular weight excluding hydrogens is 392 g/mol. The number of hydrogen-bond donors (Lipinski definition) is 1. The molecule has 0 radical (unpaired) electrons. The van der Waals surface area contributed by atoms with Crippen molar-refractivity contribution in [2.24, 2.45) is 0 Å². The van der Waals surface area contributed by atoms with Crippen molar-refractivity contribution < 1.29 is 19.1 Å². The Kier molecular flexibility index (Phi) is 4.44. The zero-order valence-corrected chi connectivity index (χ0v) is 17.1. The van der Waals surface area contributed by atoms with Crippen molar-refractivity contribution in [1.29, 1.82) is 0 Å². The monoisotopic (exact) mass is 414 g/mol.